The van der Waals surface area contributed by atoms with Gasteiger partial charge in [0, 0.05) is 12.2 Å². The first-order chi connectivity index (χ1) is 9.58. The Kier molecular flexibility index (Phi) is 2.89. The first kappa shape index (κ1) is 12.6. The van der Waals surface area contributed by atoms with Crippen LogP contribution in [-0.2, 0) is 0 Å². The van der Waals surface area contributed by atoms with E-state index in [0.717, 1.165) is 0 Å². The highest BCUT2D eigenvalue weighted by Gasteiger charge is 2.17. The van der Waals surface area contributed by atoms with Crippen LogP contribution in [-0.4, -0.2) is 19.6 Å². The molecule has 0 aliphatic carbocycles. The van der Waals surface area contributed by atoms with Crippen molar-refractivity contribution in [1.82, 2.24) is 14.5 Å². The SMILES string of the molecule is CC(C)n1c(-c2ccncc2O)nc2ccc(F)cc21. The number of hydrogen-bond donors (Lipinski definition) is 1. The summed E-state index contributed by atoms with van der Waals surface area (Å²) in [5.41, 5.74) is 2.00. The van der Waals surface area contributed by atoms with Gasteiger partial charge in [-0.3, -0.25) is 4.98 Å². The first-order valence-corrected chi connectivity index (χ1v) is 6.39. The molecule has 2 heterocycles. The summed E-state index contributed by atoms with van der Waals surface area (Å²) in [5, 5.41) is 9.96. The second kappa shape index (κ2) is 4.59. The van der Waals surface area contributed by atoms with Crippen molar-refractivity contribution in [3.63, 3.8) is 0 Å². The highest BCUT2D eigenvalue weighted by Crippen LogP contribution is 2.32. The minimum absolute atomic E-state index is 0.0604. The molecule has 4 nitrogen and oxygen atoms in total. The van der Waals surface area contributed by atoms with Crippen LogP contribution in [0.2, 0.25) is 0 Å². The second-order valence-electron chi connectivity index (χ2n) is 4.93. The van der Waals surface area contributed by atoms with Gasteiger partial charge in [0.2, 0.25) is 0 Å². The molecule has 0 saturated heterocycles. The average Bonchev–Trinajstić information content (AvgIpc) is 2.77. The van der Waals surface area contributed by atoms with Crippen molar-refractivity contribution in [3.05, 3.63) is 42.5 Å². The zero-order valence-corrected chi connectivity index (χ0v) is 11.2. The number of aromatic nitrogens is 3. The van der Waals surface area contributed by atoms with Crippen LogP contribution in [0.5, 0.6) is 5.75 Å². The van der Waals surface area contributed by atoms with Crippen molar-refractivity contribution in [2.24, 2.45) is 0 Å². The molecule has 0 bridgehead atoms. The second-order valence-corrected chi connectivity index (χ2v) is 4.93. The van der Waals surface area contributed by atoms with Gasteiger partial charge < -0.3 is 9.67 Å². The van der Waals surface area contributed by atoms with E-state index in [-0.39, 0.29) is 17.6 Å². The van der Waals surface area contributed by atoms with Crippen LogP contribution < -0.4 is 0 Å². The maximum atomic E-state index is 13.5. The molecule has 20 heavy (non-hydrogen) atoms. The Hall–Kier alpha value is -2.43. The zero-order valence-electron chi connectivity index (χ0n) is 11.2. The first-order valence-electron chi connectivity index (χ1n) is 6.39. The minimum atomic E-state index is -0.301. The van der Waals surface area contributed by atoms with E-state index < -0.39 is 0 Å². The van der Waals surface area contributed by atoms with Crippen LogP contribution in [0, 0.1) is 5.82 Å². The molecule has 3 aromatic rings. The van der Waals surface area contributed by atoms with Crippen LogP contribution in [0.3, 0.4) is 0 Å². The van der Waals surface area contributed by atoms with E-state index in [4.69, 9.17) is 0 Å². The van der Waals surface area contributed by atoms with Gasteiger partial charge >= 0.3 is 0 Å². The summed E-state index contributed by atoms with van der Waals surface area (Å²) in [6.45, 7) is 3.99. The molecule has 0 amide bonds. The monoisotopic (exact) mass is 271 g/mol. The van der Waals surface area contributed by atoms with Crippen molar-refractivity contribution in [2.45, 2.75) is 19.9 Å². The van der Waals surface area contributed by atoms with Crippen LogP contribution >= 0.6 is 0 Å². The number of imidazole rings is 1. The molecule has 5 heteroatoms. The van der Waals surface area contributed by atoms with Crippen LogP contribution in [0.25, 0.3) is 22.4 Å². The molecular weight excluding hydrogens is 257 g/mol. The topological polar surface area (TPSA) is 50.9 Å². The fourth-order valence-electron chi connectivity index (χ4n) is 2.35. The summed E-state index contributed by atoms with van der Waals surface area (Å²) in [6, 6.07) is 6.28. The van der Waals surface area contributed by atoms with Gasteiger partial charge in [-0.05, 0) is 38.1 Å². The molecule has 0 atom stereocenters. The van der Waals surface area contributed by atoms with Crippen molar-refractivity contribution < 1.29 is 9.50 Å². The summed E-state index contributed by atoms with van der Waals surface area (Å²) >= 11 is 0. The molecule has 0 aliphatic rings. The average molecular weight is 271 g/mol. The highest BCUT2D eigenvalue weighted by molar-refractivity contribution is 5.82. The van der Waals surface area contributed by atoms with E-state index in [1.54, 1.807) is 18.3 Å². The third-order valence-electron chi connectivity index (χ3n) is 3.21. The molecule has 0 unspecified atom stereocenters. The van der Waals surface area contributed by atoms with Gasteiger partial charge in [-0.1, -0.05) is 0 Å². The molecule has 3 rings (SSSR count). The number of hydrogen-bond acceptors (Lipinski definition) is 3. The van der Waals surface area contributed by atoms with Crippen molar-refractivity contribution >= 4 is 11.0 Å². The Morgan fingerprint density at radius 2 is 2.05 bits per heavy atom. The fourth-order valence-corrected chi connectivity index (χ4v) is 2.35. The zero-order chi connectivity index (χ0) is 14.3. The summed E-state index contributed by atoms with van der Waals surface area (Å²) in [4.78, 5) is 8.38. The summed E-state index contributed by atoms with van der Waals surface area (Å²) in [7, 11) is 0. The normalized spacial score (nSPS) is 11.4. The maximum absolute atomic E-state index is 13.5. The molecule has 0 fully saturated rings. The molecule has 102 valence electrons. The lowest BCUT2D eigenvalue weighted by atomic mass is 10.2. The predicted molar refractivity (Wildman–Crippen MR) is 75.0 cm³/mol. The molecule has 0 radical (unpaired) electrons. The van der Waals surface area contributed by atoms with Gasteiger partial charge in [0.1, 0.15) is 17.4 Å². The van der Waals surface area contributed by atoms with Gasteiger partial charge in [-0.2, -0.15) is 0 Å². The van der Waals surface area contributed by atoms with E-state index in [1.165, 1.54) is 18.3 Å². The lowest BCUT2D eigenvalue weighted by Gasteiger charge is -2.13. The molecule has 1 aromatic carbocycles. The number of aromatic hydroxyl groups is 1. The van der Waals surface area contributed by atoms with Gasteiger partial charge in [0.25, 0.3) is 0 Å². The molecule has 0 saturated carbocycles. The van der Waals surface area contributed by atoms with Crippen molar-refractivity contribution in [2.75, 3.05) is 0 Å². The highest BCUT2D eigenvalue weighted by atomic mass is 19.1. The lowest BCUT2D eigenvalue weighted by Crippen LogP contribution is -2.03. The van der Waals surface area contributed by atoms with Gasteiger partial charge in [-0.25, -0.2) is 9.37 Å². The Morgan fingerprint density at radius 1 is 1.25 bits per heavy atom. The van der Waals surface area contributed by atoms with E-state index in [0.29, 0.717) is 22.4 Å². The Balaban J connectivity index is 2.36. The summed E-state index contributed by atoms with van der Waals surface area (Å²) in [6.07, 6.45) is 2.97. The Morgan fingerprint density at radius 3 is 2.75 bits per heavy atom. The van der Waals surface area contributed by atoms with E-state index in [1.807, 2.05) is 18.4 Å². The minimum Gasteiger partial charge on any atom is -0.506 e. The number of benzene rings is 1. The largest absolute Gasteiger partial charge is 0.506 e. The Labute approximate surface area is 115 Å². The van der Waals surface area contributed by atoms with E-state index in [9.17, 15) is 9.50 Å². The van der Waals surface area contributed by atoms with Crippen molar-refractivity contribution in [3.8, 4) is 17.1 Å². The predicted octanol–water partition coefficient (Wildman–Crippen LogP) is 3.52. The summed E-state index contributed by atoms with van der Waals surface area (Å²) < 4.78 is 15.4. The smallest absolute Gasteiger partial charge is 0.145 e. The van der Waals surface area contributed by atoms with Crippen LogP contribution in [0.4, 0.5) is 4.39 Å². The maximum Gasteiger partial charge on any atom is 0.145 e. The van der Waals surface area contributed by atoms with E-state index in [2.05, 4.69) is 9.97 Å². The number of nitrogens with zero attached hydrogens (tertiary/aromatic N) is 3. The van der Waals surface area contributed by atoms with E-state index >= 15 is 0 Å². The lowest BCUT2D eigenvalue weighted by molar-refractivity contribution is 0.473. The molecule has 0 aliphatic heterocycles. The number of rotatable bonds is 2. The Bertz CT molecular complexity index is 780. The van der Waals surface area contributed by atoms with Gasteiger partial charge in [0.05, 0.1) is 22.8 Å². The van der Waals surface area contributed by atoms with Gasteiger partial charge in [-0.15, -0.1) is 0 Å². The fraction of sp³-hybridized carbons (Fsp3) is 0.200. The number of halogens is 1. The molecule has 1 N–H and O–H groups in total. The molecular formula is C15H14FN3O. The third kappa shape index (κ3) is 1.91. The number of pyridine rings is 1. The van der Waals surface area contributed by atoms with Gasteiger partial charge in [0.15, 0.2) is 0 Å². The third-order valence-corrected chi connectivity index (χ3v) is 3.21. The van der Waals surface area contributed by atoms with Crippen LogP contribution in [0.1, 0.15) is 19.9 Å². The van der Waals surface area contributed by atoms with Crippen molar-refractivity contribution in [1.29, 1.82) is 0 Å². The number of fused-ring (bicyclic) bond motifs is 1. The molecule has 2 aromatic heterocycles. The molecule has 0 spiro atoms. The quantitative estimate of drug-likeness (QED) is 0.775. The standard InChI is InChI=1S/C15H14FN3O/c1-9(2)19-13-7-10(16)3-4-12(13)18-15(19)11-5-6-17-8-14(11)20/h3-9,20H,1-2H3. The summed E-state index contributed by atoms with van der Waals surface area (Å²) in [5.74, 6) is 0.371. The van der Waals surface area contributed by atoms with Crippen LogP contribution in [0.15, 0.2) is 36.7 Å².